The molecule has 0 radical (unpaired) electrons. The monoisotopic (exact) mass is 284 g/mol. The fourth-order valence-electron chi connectivity index (χ4n) is 1.58. The molecule has 2 nitrogen and oxygen atoms in total. The van der Waals surface area contributed by atoms with E-state index in [1.165, 1.54) is 44.9 Å². The summed E-state index contributed by atoms with van der Waals surface area (Å²) in [6, 6.07) is 0. The van der Waals surface area contributed by atoms with E-state index >= 15 is 0 Å². The van der Waals surface area contributed by atoms with Crippen LogP contribution in [0.25, 0.3) is 0 Å². The van der Waals surface area contributed by atoms with Crippen LogP contribution in [0.4, 0.5) is 0 Å². The second kappa shape index (κ2) is 15.3. The molecule has 0 amide bonds. The number of carboxylic acid groups (broad SMARTS) is 1. The summed E-state index contributed by atoms with van der Waals surface area (Å²) >= 11 is 0. The van der Waals surface area contributed by atoms with Crippen LogP contribution in [0.2, 0.25) is 0 Å². The van der Waals surface area contributed by atoms with Crippen molar-refractivity contribution in [2.45, 2.75) is 71.1 Å². The van der Waals surface area contributed by atoms with Crippen molar-refractivity contribution < 1.29 is 68.1 Å². The first-order chi connectivity index (χ1) is 6.77. The predicted octanol–water partition coefficient (Wildman–Crippen LogP) is -0.339. The topological polar surface area (TPSA) is 40.1 Å². The first-order valence-electron chi connectivity index (χ1n) is 5.97. The summed E-state index contributed by atoms with van der Waals surface area (Å²) in [7, 11) is 0. The first kappa shape index (κ1) is 18.6. The SMILES string of the molecule is CCCCCCCCCCCC(=O)[O-].[Rb+]. The van der Waals surface area contributed by atoms with E-state index in [0.717, 1.165) is 12.8 Å². The standard InChI is InChI=1S/C12H24O2.Rb/c1-2-3-4-5-6-7-8-9-10-11-12(13)14;/h2-11H2,1H3,(H,13,14);/q;+1/p-1. The minimum atomic E-state index is -0.909. The van der Waals surface area contributed by atoms with Crippen LogP contribution < -0.4 is 63.3 Å². The van der Waals surface area contributed by atoms with Gasteiger partial charge < -0.3 is 9.90 Å². The summed E-state index contributed by atoms with van der Waals surface area (Å²) in [6.07, 6.45) is 11.2. The summed E-state index contributed by atoms with van der Waals surface area (Å²) in [5.41, 5.74) is 0. The fourth-order valence-corrected chi connectivity index (χ4v) is 1.58. The quantitative estimate of drug-likeness (QED) is 0.515. The summed E-state index contributed by atoms with van der Waals surface area (Å²) in [4.78, 5) is 10.1. The van der Waals surface area contributed by atoms with E-state index < -0.39 is 5.97 Å². The number of hydrogen-bond donors (Lipinski definition) is 0. The van der Waals surface area contributed by atoms with Gasteiger partial charge >= 0.3 is 58.2 Å². The minimum Gasteiger partial charge on any atom is -0.550 e. The van der Waals surface area contributed by atoms with Gasteiger partial charge in [0.1, 0.15) is 0 Å². The Kier molecular flexibility index (Phi) is 19.0. The van der Waals surface area contributed by atoms with Gasteiger partial charge in [-0.3, -0.25) is 0 Å². The molecule has 0 spiro atoms. The molecule has 0 N–H and O–H groups in total. The van der Waals surface area contributed by atoms with Crippen molar-refractivity contribution >= 4 is 5.97 Å². The molecule has 3 heteroatoms. The molecule has 0 atom stereocenters. The molecule has 0 saturated heterocycles. The van der Waals surface area contributed by atoms with E-state index in [1.54, 1.807) is 0 Å². The number of aliphatic carboxylic acids is 1. The van der Waals surface area contributed by atoms with Gasteiger partial charge in [0.15, 0.2) is 0 Å². The van der Waals surface area contributed by atoms with E-state index in [-0.39, 0.29) is 64.6 Å². The Morgan fingerprint density at radius 2 is 1.27 bits per heavy atom. The maximum absolute atomic E-state index is 10.1. The van der Waals surface area contributed by atoms with Crippen LogP contribution in [-0.2, 0) is 4.79 Å². The van der Waals surface area contributed by atoms with Crippen LogP contribution in [0.15, 0.2) is 0 Å². The molecule has 0 aliphatic carbocycles. The molecular formula is C12H23O2Rb. The Morgan fingerprint density at radius 1 is 0.867 bits per heavy atom. The maximum atomic E-state index is 10.1. The van der Waals surface area contributed by atoms with Gasteiger partial charge in [-0.15, -0.1) is 0 Å². The third kappa shape index (κ3) is 17.9. The number of rotatable bonds is 10. The Morgan fingerprint density at radius 3 is 1.67 bits per heavy atom. The third-order valence-corrected chi connectivity index (χ3v) is 2.48. The zero-order chi connectivity index (χ0) is 10.6. The molecule has 0 rings (SSSR count). The van der Waals surface area contributed by atoms with Crippen LogP contribution in [0, 0.1) is 0 Å². The second-order valence-corrected chi connectivity index (χ2v) is 3.95. The van der Waals surface area contributed by atoms with Crippen LogP contribution in [-0.4, -0.2) is 5.97 Å². The molecule has 0 bridgehead atoms. The van der Waals surface area contributed by atoms with Gasteiger partial charge in [-0.2, -0.15) is 0 Å². The van der Waals surface area contributed by atoms with Crippen molar-refractivity contribution in [2.75, 3.05) is 0 Å². The molecule has 0 fully saturated rings. The van der Waals surface area contributed by atoms with Crippen LogP contribution in [0.5, 0.6) is 0 Å². The molecule has 0 aromatic heterocycles. The summed E-state index contributed by atoms with van der Waals surface area (Å²) in [5, 5.41) is 10.1. The zero-order valence-electron chi connectivity index (χ0n) is 10.4. The summed E-state index contributed by atoms with van der Waals surface area (Å²) in [6.45, 7) is 2.22. The third-order valence-electron chi connectivity index (χ3n) is 2.48. The molecule has 15 heavy (non-hydrogen) atoms. The van der Waals surface area contributed by atoms with Crippen molar-refractivity contribution in [2.24, 2.45) is 0 Å². The van der Waals surface area contributed by atoms with Crippen molar-refractivity contribution in [3.05, 3.63) is 0 Å². The molecule has 0 aliphatic heterocycles. The normalized spacial score (nSPS) is 9.67. The van der Waals surface area contributed by atoms with Gasteiger partial charge in [-0.1, -0.05) is 58.3 Å². The average molecular weight is 285 g/mol. The van der Waals surface area contributed by atoms with E-state index in [9.17, 15) is 9.90 Å². The van der Waals surface area contributed by atoms with Gasteiger partial charge in [0.25, 0.3) is 0 Å². The Labute approximate surface area is 143 Å². The summed E-state index contributed by atoms with van der Waals surface area (Å²) in [5.74, 6) is -0.909. The number of unbranched alkanes of at least 4 members (excludes halogenated alkanes) is 8. The van der Waals surface area contributed by atoms with Crippen molar-refractivity contribution in [3.63, 3.8) is 0 Å². The number of carbonyl (C=O) groups excluding carboxylic acids is 1. The van der Waals surface area contributed by atoms with E-state index in [1.807, 2.05) is 0 Å². The smallest absolute Gasteiger partial charge is 0.550 e. The van der Waals surface area contributed by atoms with Crippen LogP contribution >= 0.6 is 0 Å². The van der Waals surface area contributed by atoms with Gasteiger partial charge in [0, 0.05) is 5.97 Å². The predicted molar refractivity (Wildman–Crippen MR) is 56.9 cm³/mol. The maximum Gasteiger partial charge on any atom is 1.00 e. The molecule has 84 valence electrons. The average Bonchev–Trinajstić information content (AvgIpc) is 2.15. The fraction of sp³-hybridized carbons (Fsp3) is 0.917. The molecule has 0 saturated carbocycles. The number of hydrogen-bond acceptors (Lipinski definition) is 2. The van der Waals surface area contributed by atoms with Gasteiger partial charge in [0.2, 0.25) is 0 Å². The number of carboxylic acids is 1. The molecule has 0 aromatic rings. The zero-order valence-corrected chi connectivity index (χ0v) is 15.3. The van der Waals surface area contributed by atoms with Gasteiger partial charge in [0.05, 0.1) is 0 Å². The van der Waals surface area contributed by atoms with E-state index in [2.05, 4.69) is 6.92 Å². The Hall–Kier alpha value is 1.28. The molecule has 0 unspecified atom stereocenters. The van der Waals surface area contributed by atoms with Crippen LogP contribution in [0.3, 0.4) is 0 Å². The Balaban J connectivity index is 0. The first-order valence-corrected chi connectivity index (χ1v) is 5.97. The van der Waals surface area contributed by atoms with E-state index in [0.29, 0.717) is 0 Å². The minimum absolute atomic E-state index is 0. The van der Waals surface area contributed by atoms with E-state index in [4.69, 9.17) is 0 Å². The summed E-state index contributed by atoms with van der Waals surface area (Å²) < 4.78 is 0. The Bertz CT molecular complexity index is 138. The largest absolute Gasteiger partial charge is 1.00 e. The second-order valence-electron chi connectivity index (χ2n) is 3.95. The van der Waals surface area contributed by atoms with Crippen molar-refractivity contribution in [1.29, 1.82) is 0 Å². The molecule has 0 heterocycles. The molecule has 0 aliphatic rings. The molecule has 0 aromatic carbocycles. The van der Waals surface area contributed by atoms with Gasteiger partial charge in [-0.05, 0) is 12.8 Å². The van der Waals surface area contributed by atoms with Crippen molar-refractivity contribution in [3.8, 4) is 0 Å². The van der Waals surface area contributed by atoms with Crippen LogP contribution in [0.1, 0.15) is 71.1 Å². The number of carbonyl (C=O) groups is 1. The molecular weight excluding hydrogens is 262 g/mol. The van der Waals surface area contributed by atoms with Crippen molar-refractivity contribution in [1.82, 2.24) is 0 Å². The van der Waals surface area contributed by atoms with Gasteiger partial charge in [-0.25, -0.2) is 0 Å².